The van der Waals surface area contributed by atoms with Crippen LogP contribution in [0.3, 0.4) is 0 Å². The number of benzene rings is 1. The summed E-state index contributed by atoms with van der Waals surface area (Å²) in [4.78, 5) is 3.35. The Morgan fingerprint density at radius 3 is 2.95 bits per heavy atom. The van der Waals surface area contributed by atoms with Gasteiger partial charge in [0.25, 0.3) is 0 Å². The maximum absolute atomic E-state index is 5.59. The Hall–Kier alpha value is -1.48. The number of aromatic amines is 1. The van der Waals surface area contributed by atoms with Gasteiger partial charge in [0, 0.05) is 23.1 Å². The molecule has 1 saturated carbocycles. The summed E-state index contributed by atoms with van der Waals surface area (Å²) in [6.07, 6.45) is 8.69. The second kappa shape index (κ2) is 6.31. The molecule has 1 aromatic heterocycles. The number of nitrogens with one attached hydrogen (secondary N) is 2. The van der Waals surface area contributed by atoms with Gasteiger partial charge in [0.2, 0.25) is 0 Å². The molecule has 1 heterocycles. The average molecular weight is 272 g/mol. The smallest absolute Gasteiger partial charge is 0.120 e. The normalized spacial score (nSPS) is 16.1. The molecular weight excluding hydrogens is 248 g/mol. The molecule has 2 N–H and O–H groups in total. The second-order valence-electron chi connectivity index (χ2n) is 5.64. The molecule has 1 fully saturated rings. The molecule has 0 saturated heterocycles. The van der Waals surface area contributed by atoms with E-state index in [-0.39, 0.29) is 0 Å². The first-order valence-corrected chi connectivity index (χ1v) is 7.83. The van der Waals surface area contributed by atoms with E-state index in [2.05, 4.69) is 28.6 Å². The van der Waals surface area contributed by atoms with Crippen LogP contribution in [0.1, 0.15) is 38.2 Å². The van der Waals surface area contributed by atoms with Crippen molar-refractivity contribution in [1.29, 1.82) is 0 Å². The molecule has 2 aromatic rings. The van der Waals surface area contributed by atoms with Crippen LogP contribution in [0.25, 0.3) is 10.9 Å². The molecule has 108 valence electrons. The summed E-state index contributed by atoms with van der Waals surface area (Å²) in [5.41, 5.74) is 2.58. The van der Waals surface area contributed by atoms with Crippen molar-refractivity contribution in [2.75, 3.05) is 13.2 Å². The molecule has 1 aliphatic carbocycles. The van der Waals surface area contributed by atoms with Gasteiger partial charge in [0.1, 0.15) is 5.75 Å². The Balaban J connectivity index is 1.65. The predicted octanol–water partition coefficient (Wildman–Crippen LogP) is 3.64. The average Bonchev–Trinajstić information content (AvgIpc) is 3.09. The van der Waals surface area contributed by atoms with E-state index in [0.717, 1.165) is 24.8 Å². The van der Waals surface area contributed by atoms with Crippen LogP contribution in [0.2, 0.25) is 0 Å². The van der Waals surface area contributed by atoms with Crippen molar-refractivity contribution in [3.63, 3.8) is 0 Å². The van der Waals surface area contributed by atoms with Crippen LogP contribution >= 0.6 is 0 Å². The topological polar surface area (TPSA) is 37.0 Å². The highest BCUT2D eigenvalue weighted by Crippen LogP contribution is 2.24. The first-order chi connectivity index (χ1) is 9.86. The number of hydrogen-bond acceptors (Lipinski definition) is 2. The highest BCUT2D eigenvalue weighted by molar-refractivity contribution is 5.84. The molecule has 0 atom stereocenters. The van der Waals surface area contributed by atoms with E-state index in [1.807, 2.05) is 13.0 Å². The lowest BCUT2D eigenvalue weighted by Gasteiger charge is -2.11. The Morgan fingerprint density at radius 2 is 2.15 bits per heavy atom. The molecule has 1 aromatic carbocycles. The summed E-state index contributed by atoms with van der Waals surface area (Å²) < 4.78 is 5.59. The third kappa shape index (κ3) is 2.98. The maximum atomic E-state index is 5.59. The van der Waals surface area contributed by atoms with Gasteiger partial charge in [-0.1, -0.05) is 12.8 Å². The lowest BCUT2D eigenvalue weighted by atomic mass is 10.1. The van der Waals surface area contributed by atoms with Crippen molar-refractivity contribution in [3.05, 3.63) is 30.0 Å². The lowest BCUT2D eigenvalue weighted by molar-refractivity contribution is 0.340. The molecule has 3 heteroatoms. The molecular formula is C17H24N2O. The van der Waals surface area contributed by atoms with Gasteiger partial charge >= 0.3 is 0 Å². The first-order valence-electron chi connectivity index (χ1n) is 7.83. The van der Waals surface area contributed by atoms with Crippen LogP contribution in [0.4, 0.5) is 0 Å². The Morgan fingerprint density at radius 1 is 1.30 bits per heavy atom. The van der Waals surface area contributed by atoms with E-state index >= 15 is 0 Å². The number of H-pyrrole nitrogens is 1. The Bertz CT molecular complexity index is 555. The van der Waals surface area contributed by atoms with E-state index in [4.69, 9.17) is 4.74 Å². The monoisotopic (exact) mass is 272 g/mol. The van der Waals surface area contributed by atoms with Crippen molar-refractivity contribution in [3.8, 4) is 5.75 Å². The fourth-order valence-electron chi connectivity index (χ4n) is 3.16. The van der Waals surface area contributed by atoms with Crippen LogP contribution in [-0.2, 0) is 6.42 Å². The van der Waals surface area contributed by atoms with Gasteiger partial charge in [-0.15, -0.1) is 0 Å². The molecule has 20 heavy (non-hydrogen) atoms. The van der Waals surface area contributed by atoms with E-state index in [9.17, 15) is 0 Å². The molecule has 0 bridgehead atoms. The van der Waals surface area contributed by atoms with Crippen LogP contribution < -0.4 is 10.1 Å². The summed E-state index contributed by atoms with van der Waals surface area (Å²) in [6, 6.07) is 7.04. The zero-order valence-corrected chi connectivity index (χ0v) is 12.2. The minimum Gasteiger partial charge on any atom is -0.494 e. The standard InChI is InChI=1S/C17H24N2O/c1-2-20-15-7-8-17-16(11-15)13(12-19-17)9-10-18-14-5-3-4-6-14/h7-8,11-12,14,18-19H,2-6,9-10H2,1H3. The van der Waals surface area contributed by atoms with Gasteiger partial charge in [-0.3, -0.25) is 0 Å². The summed E-state index contributed by atoms with van der Waals surface area (Å²) in [7, 11) is 0. The third-order valence-electron chi connectivity index (χ3n) is 4.23. The highest BCUT2D eigenvalue weighted by atomic mass is 16.5. The molecule has 3 rings (SSSR count). The fraction of sp³-hybridized carbons (Fsp3) is 0.529. The third-order valence-corrected chi connectivity index (χ3v) is 4.23. The van der Waals surface area contributed by atoms with Crippen LogP contribution in [0.15, 0.2) is 24.4 Å². The highest BCUT2D eigenvalue weighted by Gasteiger charge is 2.14. The van der Waals surface area contributed by atoms with Crippen molar-refractivity contribution in [1.82, 2.24) is 10.3 Å². The molecule has 1 aliphatic rings. The summed E-state index contributed by atoms with van der Waals surface area (Å²) in [5, 5.41) is 4.97. The maximum Gasteiger partial charge on any atom is 0.120 e. The van der Waals surface area contributed by atoms with Crippen molar-refractivity contribution in [2.24, 2.45) is 0 Å². The lowest BCUT2D eigenvalue weighted by Crippen LogP contribution is -2.27. The zero-order chi connectivity index (χ0) is 13.8. The molecule has 0 radical (unpaired) electrons. The van der Waals surface area contributed by atoms with Crippen molar-refractivity contribution < 1.29 is 4.74 Å². The first kappa shape index (κ1) is 13.5. The van der Waals surface area contributed by atoms with Gasteiger partial charge < -0.3 is 15.0 Å². The minimum absolute atomic E-state index is 0.717. The van der Waals surface area contributed by atoms with E-state index in [1.165, 1.54) is 42.1 Å². The molecule has 0 amide bonds. The van der Waals surface area contributed by atoms with Crippen LogP contribution in [0.5, 0.6) is 5.75 Å². The number of hydrogen-bond donors (Lipinski definition) is 2. The number of aromatic nitrogens is 1. The predicted molar refractivity (Wildman–Crippen MR) is 83.4 cm³/mol. The Labute approximate surface area is 120 Å². The number of rotatable bonds is 6. The van der Waals surface area contributed by atoms with Crippen molar-refractivity contribution >= 4 is 10.9 Å². The van der Waals surface area contributed by atoms with Crippen LogP contribution in [-0.4, -0.2) is 24.2 Å². The minimum atomic E-state index is 0.717. The van der Waals surface area contributed by atoms with E-state index in [1.54, 1.807) is 0 Å². The van der Waals surface area contributed by atoms with Gasteiger partial charge in [0.05, 0.1) is 6.61 Å². The van der Waals surface area contributed by atoms with Gasteiger partial charge in [-0.2, -0.15) is 0 Å². The summed E-state index contributed by atoms with van der Waals surface area (Å²) in [6.45, 7) is 3.80. The fourth-order valence-corrected chi connectivity index (χ4v) is 3.16. The molecule has 0 unspecified atom stereocenters. The quantitative estimate of drug-likeness (QED) is 0.842. The van der Waals surface area contributed by atoms with Gasteiger partial charge in [0.15, 0.2) is 0 Å². The number of ether oxygens (including phenoxy) is 1. The van der Waals surface area contributed by atoms with Crippen LogP contribution in [0, 0.1) is 0 Å². The molecule has 3 nitrogen and oxygen atoms in total. The molecule has 0 aliphatic heterocycles. The van der Waals surface area contributed by atoms with E-state index in [0.29, 0.717) is 6.61 Å². The zero-order valence-electron chi connectivity index (χ0n) is 12.2. The summed E-state index contributed by atoms with van der Waals surface area (Å²) in [5.74, 6) is 0.963. The van der Waals surface area contributed by atoms with E-state index < -0.39 is 0 Å². The van der Waals surface area contributed by atoms with Gasteiger partial charge in [-0.05, 0) is 56.5 Å². The number of fused-ring (bicyclic) bond motifs is 1. The SMILES string of the molecule is CCOc1ccc2[nH]cc(CCNC3CCCC3)c2c1. The largest absolute Gasteiger partial charge is 0.494 e. The Kier molecular flexibility index (Phi) is 4.26. The van der Waals surface area contributed by atoms with Gasteiger partial charge in [-0.25, -0.2) is 0 Å². The van der Waals surface area contributed by atoms with Crippen molar-refractivity contribution in [2.45, 2.75) is 45.1 Å². The molecule has 0 spiro atoms. The second-order valence-corrected chi connectivity index (χ2v) is 5.64. The summed E-state index contributed by atoms with van der Waals surface area (Å²) >= 11 is 0.